The highest BCUT2D eigenvalue weighted by Crippen LogP contribution is 2.53. The van der Waals surface area contributed by atoms with Crippen molar-refractivity contribution in [2.45, 2.75) is 19.3 Å². The van der Waals surface area contributed by atoms with Gasteiger partial charge < -0.3 is 9.47 Å². The van der Waals surface area contributed by atoms with E-state index in [9.17, 15) is 0 Å². The number of aromatic nitrogens is 1. The molecule has 2 heteroatoms. The van der Waals surface area contributed by atoms with Crippen LogP contribution in [-0.4, -0.2) is 4.57 Å². The van der Waals surface area contributed by atoms with Crippen LogP contribution in [0, 0.1) is 0 Å². The fourth-order valence-corrected chi connectivity index (χ4v) is 8.55. The molecule has 49 heavy (non-hydrogen) atoms. The topological polar surface area (TPSA) is 8.17 Å². The summed E-state index contributed by atoms with van der Waals surface area (Å²) in [5, 5.41) is 7.42. The van der Waals surface area contributed by atoms with Gasteiger partial charge in [-0.05, 0) is 75.5 Å². The third-order valence-corrected chi connectivity index (χ3v) is 10.7. The van der Waals surface area contributed by atoms with Crippen molar-refractivity contribution in [3.63, 3.8) is 0 Å². The second-order valence-electron chi connectivity index (χ2n) is 13.8. The molecule has 1 heterocycles. The molecule has 1 aliphatic rings. The van der Waals surface area contributed by atoms with Gasteiger partial charge in [0.2, 0.25) is 0 Å². The van der Waals surface area contributed by atoms with E-state index < -0.39 is 0 Å². The molecule has 0 atom stereocenters. The molecule has 0 unspecified atom stereocenters. The van der Waals surface area contributed by atoms with Crippen molar-refractivity contribution in [1.82, 2.24) is 4.57 Å². The quantitative estimate of drug-likeness (QED) is 0.189. The van der Waals surface area contributed by atoms with Crippen LogP contribution >= 0.6 is 0 Å². The highest BCUT2D eigenvalue weighted by molar-refractivity contribution is 6.15. The summed E-state index contributed by atoms with van der Waals surface area (Å²) in [7, 11) is 0. The predicted octanol–water partition coefficient (Wildman–Crippen LogP) is 12.9. The standard InChI is InChI=1S/C47H34N2/c1-47(2)41-23-11-10-22-37(41)38-27-28-39-40-30-34(26-29-44(40)49(46(39)45(38)47)33-18-4-3-5-19-33)48(42-24-12-16-31-14-6-8-20-35(31)42)43-25-13-17-32-15-7-9-21-36(32)43/h3-30H,1-2H3. The molecule has 0 saturated heterocycles. The molecule has 1 aliphatic carbocycles. The molecule has 10 rings (SSSR count). The average molecular weight is 627 g/mol. The van der Waals surface area contributed by atoms with Gasteiger partial charge in [0.05, 0.1) is 22.4 Å². The smallest absolute Gasteiger partial charge is 0.0588 e. The Morgan fingerprint density at radius 3 is 1.80 bits per heavy atom. The minimum absolute atomic E-state index is 0.146. The third-order valence-electron chi connectivity index (χ3n) is 10.7. The number of hydrogen-bond donors (Lipinski definition) is 0. The number of para-hydroxylation sites is 1. The molecule has 2 nitrogen and oxygen atoms in total. The Labute approximate surface area is 286 Å². The van der Waals surface area contributed by atoms with Gasteiger partial charge >= 0.3 is 0 Å². The Morgan fingerprint density at radius 2 is 1.08 bits per heavy atom. The van der Waals surface area contributed by atoms with Crippen molar-refractivity contribution in [1.29, 1.82) is 0 Å². The lowest BCUT2D eigenvalue weighted by Gasteiger charge is -2.28. The second-order valence-corrected chi connectivity index (χ2v) is 13.8. The number of anilines is 3. The molecule has 0 fully saturated rings. The first kappa shape index (κ1) is 27.9. The first-order valence-corrected chi connectivity index (χ1v) is 17.1. The van der Waals surface area contributed by atoms with E-state index in [0.717, 1.165) is 17.1 Å². The van der Waals surface area contributed by atoms with Crippen LogP contribution in [0.25, 0.3) is 60.2 Å². The van der Waals surface area contributed by atoms with Gasteiger partial charge in [-0.3, -0.25) is 0 Å². The van der Waals surface area contributed by atoms with Crippen LogP contribution in [0.5, 0.6) is 0 Å². The van der Waals surface area contributed by atoms with E-state index in [-0.39, 0.29) is 5.41 Å². The van der Waals surface area contributed by atoms with Crippen molar-refractivity contribution < 1.29 is 0 Å². The normalized spacial score (nSPS) is 13.3. The van der Waals surface area contributed by atoms with Crippen LogP contribution in [0.15, 0.2) is 170 Å². The van der Waals surface area contributed by atoms with E-state index in [1.165, 1.54) is 71.3 Å². The zero-order valence-corrected chi connectivity index (χ0v) is 27.6. The minimum Gasteiger partial charge on any atom is -0.309 e. The maximum atomic E-state index is 2.50. The molecule has 0 aliphatic heterocycles. The highest BCUT2D eigenvalue weighted by Gasteiger charge is 2.38. The van der Waals surface area contributed by atoms with Crippen LogP contribution in [0.2, 0.25) is 0 Å². The van der Waals surface area contributed by atoms with Crippen molar-refractivity contribution in [3.05, 3.63) is 181 Å². The highest BCUT2D eigenvalue weighted by atomic mass is 15.1. The van der Waals surface area contributed by atoms with Gasteiger partial charge in [0.1, 0.15) is 0 Å². The maximum absolute atomic E-state index is 2.50. The van der Waals surface area contributed by atoms with E-state index in [0.29, 0.717) is 0 Å². The van der Waals surface area contributed by atoms with E-state index in [4.69, 9.17) is 0 Å². The molecule has 8 aromatic carbocycles. The van der Waals surface area contributed by atoms with Crippen LogP contribution < -0.4 is 4.90 Å². The van der Waals surface area contributed by atoms with Gasteiger partial charge in [0, 0.05) is 38.3 Å². The lowest BCUT2D eigenvalue weighted by atomic mass is 9.81. The van der Waals surface area contributed by atoms with E-state index in [2.05, 4.69) is 193 Å². The van der Waals surface area contributed by atoms with E-state index in [1.807, 2.05) is 0 Å². The Kier molecular flexibility index (Phi) is 5.95. The molecule has 0 bridgehead atoms. The Balaban J connectivity index is 1.31. The molecule has 9 aromatic rings. The van der Waals surface area contributed by atoms with Crippen molar-refractivity contribution >= 4 is 60.4 Å². The number of rotatable bonds is 4. The molecule has 0 radical (unpaired) electrons. The Morgan fingerprint density at radius 1 is 0.469 bits per heavy atom. The number of nitrogens with zero attached hydrogens (tertiary/aromatic N) is 2. The van der Waals surface area contributed by atoms with Crippen LogP contribution in [0.4, 0.5) is 17.1 Å². The fourth-order valence-electron chi connectivity index (χ4n) is 8.55. The Hall–Kier alpha value is -6.12. The van der Waals surface area contributed by atoms with Crippen LogP contribution in [0.3, 0.4) is 0 Å². The summed E-state index contributed by atoms with van der Waals surface area (Å²) < 4.78 is 2.50. The number of fused-ring (bicyclic) bond motifs is 9. The lowest BCUT2D eigenvalue weighted by Crippen LogP contribution is -2.16. The van der Waals surface area contributed by atoms with E-state index >= 15 is 0 Å². The van der Waals surface area contributed by atoms with Crippen molar-refractivity contribution in [2.75, 3.05) is 4.90 Å². The monoisotopic (exact) mass is 626 g/mol. The van der Waals surface area contributed by atoms with Crippen molar-refractivity contribution in [3.8, 4) is 16.8 Å². The molecular weight excluding hydrogens is 593 g/mol. The zero-order chi connectivity index (χ0) is 32.7. The van der Waals surface area contributed by atoms with Gasteiger partial charge in [-0.25, -0.2) is 0 Å². The lowest BCUT2D eigenvalue weighted by molar-refractivity contribution is 0.664. The van der Waals surface area contributed by atoms with Gasteiger partial charge in [-0.15, -0.1) is 0 Å². The fraction of sp³-hybridized carbons (Fsp3) is 0.0638. The Bertz CT molecular complexity index is 2660. The van der Waals surface area contributed by atoms with Gasteiger partial charge in [-0.1, -0.05) is 141 Å². The zero-order valence-electron chi connectivity index (χ0n) is 27.6. The van der Waals surface area contributed by atoms with Gasteiger partial charge in [0.15, 0.2) is 0 Å². The van der Waals surface area contributed by atoms with E-state index in [1.54, 1.807) is 0 Å². The summed E-state index contributed by atoms with van der Waals surface area (Å²) in [6.45, 7) is 4.77. The summed E-state index contributed by atoms with van der Waals surface area (Å²) in [6.07, 6.45) is 0. The summed E-state index contributed by atoms with van der Waals surface area (Å²) in [6, 6.07) is 62.3. The third kappa shape index (κ3) is 4.01. The maximum Gasteiger partial charge on any atom is 0.0588 e. The largest absolute Gasteiger partial charge is 0.309 e. The molecular formula is C47H34N2. The molecule has 0 N–H and O–H groups in total. The first-order chi connectivity index (χ1) is 24.1. The number of hydrogen-bond acceptors (Lipinski definition) is 1. The molecule has 0 saturated carbocycles. The molecule has 1 aromatic heterocycles. The summed E-state index contributed by atoms with van der Waals surface area (Å²) in [4.78, 5) is 2.46. The minimum atomic E-state index is -0.146. The predicted molar refractivity (Wildman–Crippen MR) is 208 cm³/mol. The summed E-state index contributed by atoms with van der Waals surface area (Å²) in [5.41, 5.74) is 12.5. The van der Waals surface area contributed by atoms with Crippen LogP contribution in [0.1, 0.15) is 25.0 Å². The SMILES string of the molecule is CC1(C)c2ccccc2-c2ccc3c4cc(N(c5cccc6ccccc56)c5cccc6ccccc56)ccc4n(-c4ccccc4)c3c21. The summed E-state index contributed by atoms with van der Waals surface area (Å²) in [5.74, 6) is 0. The average Bonchev–Trinajstić information content (AvgIpc) is 3.60. The van der Waals surface area contributed by atoms with Gasteiger partial charge in [0.25, 0.3) is 0 Å². The number of benzene rings is 8. The van der Waals surface area contributed by atoms with Crippen molar-refractivity contribution in [2.24, 2.45) is 0 Å². The summed E-state index contributed by atoms with van der Waals surface area (Å²) >= 11 is 0. The molecule has 0 amide bonds. The molecule has 232 valence electrons. The van der Waals surface area contributed by atoms with Gasteiger partial charge in [-0.2, -0.15) is 0 Å². The molecule has 0 spiro atoms. The second kappa shape index (κ2) is 10.4. The van der Waals surface area contributed by atoms with Crippen LogP contribution in [-0.2, 0) is 5.41 Å². The first-order valence-electron chi connectivity index (χ1n) is 17.1.